The molecule has 0 aromatic heterocycles. The van der Waals surface area contributed by atoms with E-state index in [1.165, 1.54) is 21.3 Å². The lowest BCUT2D eigenvalue weighted by atomic mass is 10.1. The Morgan fingerprint density at radius 2 is 1.73 bits per heavy atom. The molecule has 2 fully saturated rings. The van der Waals surface area contributed by atoms with Gasteiger partial charge in [-0.05, 0) is 42.3 Å². The van der Waals surface area contributed by atoms with Gasteiger partial charge in [-0.2, -0.15) is 4.31 Å². The van der Waals surface area contributed by atoms with E-state index < -0.39 is 16.1 Å². The van der Waals surface area contributed by atoms with E-state index in [9.17, 15) is 18.0 Å². The van der Waals surface area contributed by atoms with Gasteiger partial charge in [0.05, 0.1) is 24.5 Å². The predicted molar refractivity (Wildman–Crippen MR) is 124 cm³/mol. The van der Waals surface area contributed by atoms with Crippen molar-refractivity contribution >= 4 is 33.4 Å². The van der Waals surface area contributed by atoms with E-state index in [1.807, 2.05) is 29.2 Å². The zero-order valence-electron chi connectivity index (χ0n) is 18.3. The summed E-state index contributed by atoms with van der Waals surface area (Å²) in [6, 6.07) is 13.2. The molecule has 4 rings (SSSR count). The number of piperazine rings is 1. The van der Waals surface area contributed by atoms with Crippen LogP contribution in [0.4, 0.5) is 0 Å². The molecule has 0 bridgehead atoms. The Bertz CT molecular complexity index is 1130. The van der Waals surface area contributed by atoms with Crippen LogP contribution in [0, 0.1) is 0 Å². The van der Waals surface area contributed by atoms with Crippen molar-refractivity contribution in [2.75, 3.05) is 39.8 Å². The minimum absolute atomic E-state index is 0.127. The standard InChI is InChI=1S/C23H26ClN3O5S/c1-32-19-7-5-17(6-8-19)9-10-27-22(28)16-21(23(27)29)25-11-13-26(14-12-25)33(30,31)20-4-2-3-18(24)15-20/h2-8,15,21H,9-14,16H2,1H3/t21-/m0/s1. The summed E-state index contributed by atoms with van der Waals surface area (Å²) in [5, 5.41) is 0.361. The van der Waals surface area contributed by atoms with Crippen LogP contribution >= 0.6 is 11.6 Å². The molecule has 2 aliphatic rings. The number of amides is 2. The smallest absolute Gasteiger partial charge is 0.247 e. The Morgan fingerprint density at radius 3 is 2.36 bits per heavy atom. The van der Waals surface area contributed by atoms with Crippen LogP contribution in [-0.4, -0.2) is 80.2 Å². The van der Waals surface area contributed by atoms with Crippen LogP contribution in [-0.2, 0) is 26.0 Å². The second-order valence-electron chi connectivity index (χ2n) is 8.10. The maximum atomic E-state index is 13.0. The monoisotopic (exact) mass is 491 g/mol. The van der Waals surface area contributed by atoms with E-state index in [4.69, 9.17) is 16.3 Å². The fourth-order valence-electron chi connectivity index (χ4n) is 4.25. The van der Waals surface area contributed by atoms with Crippen molar-refractivity contribution in [3.8, 4) is 5.75 Å². The third kappa shape index (κ3) is 5.06. The van der Waals surface area contributed by atoms with Gasteiger partial charge in [0.2, 0.25) is 21.8 Å². The summed E-state index contributed by atoms with van der Waals surface area (Å²) < 4.78 is 32.4. The number of benzene rings is 2. The highest BCUT2D eigenvalue weighted by Gasteiger charge is 2.43. The molecule has 8 nitrogen and oxygen atoms in total. The average molecular weight is 492 g/mol. The number of likely N-dealkylation sites (tertiary alicyclic amines) is 1. The summed E-state index contributed by atoms with van der Waals surface area (Å²) in [7, 11) is -2.06. The lowest BCUT2D eigenvalue weighted by Crippen LogP contribution is -2.53. The highest BCUT2D eigenvalue weighted by atomic mass is 35.5. The molecule has 0 N–H and O–H groups in total. The average Bonchev–Trinajstić information content (AvgIpc) is 3.11. The molecule has 2 aromatic rings. The van der Waals surface area contributed by atoms with E-state index in [0.29, 0.717) is 31.1 Å². The van der Waals surface area contributed by atoms with E-state index in [-0.39, 0.29) is 36.2 Å². The van der Waals surface area contributed by atoms with Crippen LogP contribution < -0.4 is 4.74 Å². The lowest BCUT2D eigenvalue weighted by molar-refractivity contribution is -0.139. The van der Waals surface area contributed by atoms with Crippen LogP contribution in [0.25, 0.3) is 0 Å². The highest BCUT2D eigenvalue weighted by Crippen LogP contribution is 2.24. The molecule has 2 saturated heterocycles. The number of hydrogen-bond donors (Lipinski definition) is 0. The predicted octanol–water partition coefficient (Wildman–Crippen LogP) is 2.03. The van der Waals surface area contributed by atoms with Crippen molar-refractivity contribution in [3.05, 3.63) is 59.1 Å². The molecular weight excluding hydrogens is 466 g/mol. The van der Waals surface area contributed by atoms with Crippen LogP contribution in [0.2, 0.25) is 5.02 Å². The van der Waals surface area contributed by atoms with Gasteiger partial charge in [-0.3, -0.25) is 19.4 Å². The van der Waals surface area contributed by atoms with Gasteiger partial charge in [0.1, 0.15) is 5.75 Å². The molecule has 0 unspecified atom stereocenters. The normalized spacial score (nSPS) is 20.4. The number of sulfonamides is 1. The lowest BCUT2D eigenvalue weighted by Gasteiger charge is -2.36. The number of carbonyl (C=O) groups excluding carboxylic acids is 2. The van der Waals surface area contributed by atoms with Crippen molar-refractivity contribution in [1.29, 1.82) is 0 Å². The molecule has 10 heteroatoms. The maximum absolute atomic E-state index is 13.0. The van der Waals surface area contributed by atoms with Gasteiger partial charge < -0.3 is 4.74 Å². The van der Waals surface area contributed by atoms with Gasteiger partial charge in [0, 0.05) is 37.7 Å². The molecule has 33 heavy (non-hydrogen) atoms. The number of ether oxygens (including phenoxy) is 1. The minimum Gasteiger partial charge on any atom is -0.497 e. The largest absolute Gasteiger partial charge is 0.497 e. The first-order valence-electron chi connectivity index (χ1n) is 10.8. The van der Waals surface area contributed by atoms with Crippen LogP contribution in [0.1, 0.15) is 12.0 Å². The number of hydrogen-bond acceptors (Lipinski definition) is 6. The zero-order chi connectivity index (χ0) is 23.6. The summed E-state index contributed by atoms with van der Waals surface area (Å²) >= 11 is 5.95. The quantitative estimate of drug-likeness (QED) is 0.551. The van der Waals surface area contributed by atoms with Gasteiger partial charge in [0.25, 0.3) is 0 Å². The van der Waals surface area contributed by atoms with Crippen LogP contribution in [0.5, 0.6) is 5.75 Å². The van der Waals surface area contributed by atoms with E-state index >= 15 is 0 Å². The first kappa shape index (κ1) is 23.7. The SMILES string of the molecule is COc1ccc(CCN2C(=O)C[C@H](N3CCN(S(=O)(=O)c4cccc(Cl)c4)CC3)C2=O)cc1. The Labute approximate surface area is 198 Å². The zero-order valence-corrected chi connectivity index (χ0v) is 19.9. The van der Waals surface area contributed by atoms with Gasteiger partial charge in [0.15, 0.2) is 0 Å². The molecule has 2 amide bonds. The Kier molecular flexibility index (Phi) is 7.04. The van der Waals surface area contributed by atoms with Gasteiger partial charge in [-0.1, -0.05) is 29.8 Å². The topological polar surface area (TPSA) is 87.2 Å². The third-order valence-corrected chi connectivity index (χ3v) is 8.28. The summed E-state index contributed by atoms with van der Waals surface area (Å²) in [6.07, 6.45) is 0.697. The van der Waals surface area contributed by atoms with Crippen molar-refractivity contribution < 1.29 is 22.7 Å². The van der Waals surface area contributed by atoms with E-state index in [1.54, 1.807) is 19.2 Å². The second-order valence-corrected chi connectivity index (χ2v) is 10.5. The molecule has 2 aliphatic heterocycles. The van der Waals surface area contributed by atoms with Crippen molar-refractivity contribution in [2.45, 2.75) is 23.8 Å². The molecule has 0 saturated carbocycles. The molecule has 0 radical (unpaired) electrons. The fourth-order valence-corrected chi connectivity index (χ4v) is 5.97. The van der Waals surface area contributed by atoms with Gasteiger partial charge >= 0.3 is 0 Å². The number of imide groups is 1. The number of methoxy groups -OCH3 is 1. The second kappa shape index (κ2) is 9.80. The summed E-state index contributed by atoms with van der Waals surface area (Å²) in [5.41, 5.74) is 1.01. The van der Waals surface area contributed by atoms with Gasteiger partial charge in [-0.25, -0.2) is 8.42 Å². The number of rotatable bonds is 7. The summed E-state index contributed by atoms with van der Waals surface area (Å²) in [4.78, 5) is 28.9. The molecule has 2 aromatic carbocycles. The van der Waals surface area contributed by atoms with Crippen LogP contribution in [0.3, 0.4) is 0 Å². The Hall–Kier alpha value is -2.46. The maximum Gasteiger partial charge on any atom is 0.247 e. The van der Waals surface area contributed by atoms with Crippen molar-refractivity contribution in [2.24, 2.45) is 0 Å². The first-order valence-corrected chi connectivity index (χ1v) is 12.6. The fraction of sp³-hybridized carbons (Fsp3) is 0.391. The van der Waals surface area contributed by atoms with Crippen LogP contribution in [0.15, 0.2) is 53.4 Å². The Balaban J connectivity index is 1.34. The molecule has 2 heterocycles. The molecule has 1 atom stereocenters. The van der Waals surface area contributed by atoms with Crippen molar-refractivity contribution in [1.82, 2.24) is 14.1 Å². The van der Waals surface area contributed by atoms with Gasteiger partial charge in [-0.15, -0.1) is 0 Å². The highest BCUT2D eigenvalue weighted by molar-refractivity contribution is 7.89. The molecule has 0 spiro atoms. The Morgan fingerprint density at radius 1 is 1.03 bits per heavy atom. The third-order valence-electron chi connectivity index (χ3n) is 6.15. The summed E-state index contributed by atoms with van der Waals surface area (Å²) in [5.74, 6) is 0.357. The summed E-state index contributed by atoms with van der Waals surface area (Å²) in [6.45, 7) is 1.59. The molecule has 176 valence electrons. The van der Waals surface area contributed by atoms with E-state index in [0.717, 1.165) is 11.3 Å². The van der Waals surface area contributed by atoms with Crippen molar-refractivity contribution in [3.63, 3.8) is 0 Å². The molecular formula is C23H26ClN3O5S. The first-order chi connectivity index (χ1) is 15.8. The number of carbonyl (C=O) groups is 2. The number of halogens is 1. The minimum atomic E-state index is -3.66. The number of nitrogens with zero attached hydrogens (tertiary/aromatic N) is 3. The molecule has 0 aliphatic carbocycles. The van der Waals surface area contributed by atoms with E-state index in [2.05, 4.69) is 0 Å².